The molecule has 3 aromatic carbocycles. The van der Waals surface area contributed by atoms with Gasteiger partial charge in [-0.05, 0) is 29.0 Å². The van der Waals surface area contributed by atoms with Crippen LogP contribution in [0.5, 0.6) is 5.75 Å². The Morgan fingerprint density at radius 3 is 2.61 bits per heavy atom. The Hall–Kier alpha value is -4.07. The summed E-state index contributed by atoms with van der Waals surface area (Å²) in [6.45, 7) is 0. The highest BCUT2D eigenvalue weighted by Crippen LogP contribution is 2.38. The van der Waals surface area contributed by atoms with E-state index in [1.807, 2.05) is 30.3 Å². The SMILES string of the molecule is C[n+]1coc(N=Nc2cc3ccccc3c(C(=O)Nc3ccccc3)c2O)n1. The van der Waals surface area contributed by atoms with Gasteiger partial charge in [0.2, 0.25) is 0 Å². The second kappa shape index (κ2) is 7.28. The van der Waals surface area contributed by atoms with Crippen LogP contribution in [0.2, 0.25) is 0 Å². The average Bonchev–Trinajstić information content (AvgIpc) is 3.12. The minimum absolute atomic E-state index is 0.0327. The summed E-state index contributed by atoms with van der Waals surface area (Å²) in [7, 11) is 1.68. The largest absolute Gasteiger partial charge is 0.505 e. The Bertz CT molecular complexity index is 1190. The van der Waals surface area contributed by atoms with Crippen LogP contribution in [-0.2, 0) is 7.05 Å². The van der Waals surface area contributed by atoms with Crippen molar-refractivity contribution in [1.29, 1.82) is 0 Å². The number of anilines is 1. The van der Waals surface area contributed by atoms with Crippen LogP contribution >= 0.6 is 0 Å². The van der Waals surface area contributed by atoms with E-state index in [0.717, 1.165) is 5.39 Å². The van der Waals surface area contributed by atoms with Crippen LogP contribution in [-0.4, -0.2) is 16.1 Å². The first kappa shape index (κ1) is 17.3. The molecule has 2 N–H and O–H groups in total. The molecular formula is C20H16N5O3+. The summed E-state index contributed by atoms with van der Waals surface area (Å²) in [6, 6.07) is 17.9. The second-order valence-electron chi connectivity index (χ2n) is 6.04. The van der Waals surface area contributed by atoms with Crippen molar-refractivity contribution >= 4 is 34.1 Å². The summed E-state index contributed by atoms with van der Waals surface area (Å²) in [5.41, 5.74) is 0.877. The number of azo groups is 1. The normalized spacial score (nSPS) is 11.2. The van der Waals surface area contributed by atoms with E-state index in [4.69, 9.17) is 4.42 Å². The number of benzene rings is 3. The van der Waals surface area contributed by atoms with E-state index in [0.29, 0.717) is 11.1 Å². The number of nitrogens with one attached hydrogen (secondary N) is 1. The van der Waals surface area contributed by atoms with Gasteiger partial charge in [-0.2, -0.15) is 0 Å². The number of carbonyl (C=O) groups excluding carboxylic acids is 1. The van der Waals surface area contributed by atoms with Gasteiger partial charge < -0.3 is 14.8 Å². The van der Waals surface area contributed by atoms with Crippen molar-refractivity contribution in [3.63, 3.8) is 0 Å². The number of aryl methyl sites for hydroxylation is 1. The van der Waals surface area contributed by atoms with Crippen molar-refractivity contribution < 1.29 is 19.0 Å². The summed E-state index contributed by atoms with van der Waals surface area (Å²) in [6.07, 6.45) is 1.37. The Labute approximate surface area is 159 Å². The lowest BCUT2D eigenvalue weighted by atomic mass is 10.0. The number of amides is 1. The maximum absolute atomic E-state index is 12.9. The van der Waals surface area contributed by atoms with Crippen molar-refractivity contribution in [2.24, 2.45) is 17.3 Å². The molecule has 1 aromatic heterocycles. The van der Waals surface area contributed by atoms with Gasteiger partial charge >= 0.3 is 12.4 Å². The fourth-order valence-corrected chi connectivity index (χ4v) is 2.79. The first-order chi connectivity index (χ1) is 13.6. The summed E-state index contributed by atoms with van der Waals surface area (Å²) < 4.78 is 6.54. The van der Waals surface area contributed by atoms with E-state index in [1.165, 1.54) is 11.1 Å². The number of para-hydroxylation sites is 1. The zero-order chi connectivity index (χ0) is 19.5. The van der Waals surface area contributed by atoms with E-state index in [2.05, 4.69) is 20.6 Å². The van der Waals surface area contributed by atoms with Crippen molar-refractivity contribution in [3.05, 3.63) is 72.6 Å². The zero-order valence-electron chi connectivity index (χ0n) is 14.9. The molecule has 28 heavy (non-hydrogen) atoms. The van der Waals surface area contributed by atoms with Crippen molar-refractivity contribution in [2.75, 3.05) is 5.32 Å². The van der Waals surface area contributed by atoms with Crippen LogP contribution < -0.4 is 10.00 Å². The maximum atomic E-state index is 12.9. The van der Waals surface area contributed by atoms with E-state index in [1.54, 1.807) is 37.4 Å². The van der Waals surface area contributed by atoms with Gasteiger partial charge in [0.15, 0.2) is 12.8 Å². The highest BCUT2D eigenvalue weighted by molar-refractivity contribution is 6.16. The van der Waals surface area contributed by atoms with E-state index >= 15 is 0 Å². The first-order valence-corrected chi connectivity index (χ1v) is 8.46. The third-order valence-electron chi connectivity index (χ3n) is 4.06. The summed E-state index contributed by atoms with van der Waals surface area (Å²) in [5.74, 6) is -0.716. The third kappa shape index (κ3) is 3.43. The summed E-state index contributed by atoms with van der Waals surface area (Å²) in [4.78, 5) is 12.9. The van der Waals surface area contributed by atoms with Gasteiger partial charge in [0, 0.05) is 5.69 Å². The van der Waals surface area contributed by atoms with Gasteiger partial charge in [0.25, 0.3) is 5.91 Å². The molecule has 0 atom stereocenters. The number of carbonyl (C=O) groups is 1. The van der Waals surface area contributed by atoms with Crippen molar-refractivity contribution in [1.82, 2.24) is 5.10 Å². The molecule has 1 heterocycles. The monoisotopic (exact) mass is 374 g/mol. The molecule has 1 amide bonds. The molecule has 138 valence electrons. The van der Waals surface area contributed by atoms with Crippen LogP contribution in [0.4, 0.5) is 17.4 Å². The number of phenols is 1. The molecule has 4 rings (SSSR count). The molecule has 8 heteroatoms. The lowest BCUT2D eigenvalue weighted by Gasteiger charge is -2.11. The Kier molecular flexibility index (Phi) is 4.51. The average molecular weight is 374 g/mol. The molecule has 0 spiro atoms. The molecule has 0 aliphatic rings. The van der Waals surface area contributed by atoms with Gasteiger partial charge in [-0.1, -0.05) is 52.3 Å². The molecule has 0 radical (unpaired) electrons. The van der Waals surface area contributed by atoms with E-state index in [-0.39, 0.29) is 23.0 Å². The van der Waals surface area contributed by atoms with Gasteiger partial charge in [-0.15, -0.1) is 5.11 Å². The zero-order valence-corrected chi connectivity index (χ0v) is 14.9. The molecule has 4 aromatic rings. The Morgan fingerprint density at radius 1 is 1.11 bits per heavy atom. The van der Waals surface area contributed by atoms with Crippen LogP contribution in [0.1, 0.15) is 10.4 Å². The van der Waals surface area contributed by atoms with E-state index < -0.39 is 5.91 Å². The van der Waals surface area contributed by atoms with Crippen molar-refractivity contribution in [3.8, 4) is 5.75 Å². The molecule has 0 saturated carbocycles. The second-order valence-corrected chi connectivity index (χ2v) is 6.04. The highest BCUT2D eigenvalue weighted by atomic mass is 16.4. The minimum Gasteiger partial charge on any atom is -0.505 e. The standard InChI is InChI=1S/C20H15N5O3/c1-25-12-28-20(24-25)23-22-16-11-13-7-5-6-10-15(13)17(18(16)26)19(27)21-14-8-3-2-4-9-14/h2-12H,1H3,(H-,21,23,24,26,27)/p+1. The summed E-state index contributed by atoms with van der Waals surface area (Å²) >= 11 is 0. The molecule has 0 bridgehead atoms. The molecule has 0 aliphatic carbocycles. The van der Waals surface area contributed by atoms with Crippen LogP contribution in [0.25, 0.3) is 10.8 Å². The molecule has 0 saturated heterocycles. The predicted octanol–water partition coefficient (Wildman–Crippen LogP) is 4.03. The number of aromatic nitrogens is 2. The van der Waals surface area contributed by atoms with E-state index in [9.17, 15) is 9.90 Å². The molecular weight excluding hydrogens is 358 g/mol. The highest BCUT2D eigenvalue weighted by Gasteiger charge is 2.20. The van der Waals surface area contributed by atoms with Gasteiger partial charge in [-0.25, -0.2) is 0 Å². The Morgan fingerprint density at radius 2 is 1.86 bits per heavy atom. The lowest BCUT2D eigenvalue weighted by molar-refractivity contribution is -0.730. The van der Waals surface area contributed by atoms with Crippen LogP contribution in [0.15, 0.2) is 81.7 Å². The number of rotatable bonds is 4. The smallest absolute Gasteiger partial charge is 0.407 e. The van der Waals surface area contributed by atoms with Gasteiger partial charge in [-0.3, -0.25) is 4.79 Å². The molecule has 8 nitrogen and oxygen atoms in total. The number of hydrogen-bond acceptors (Lipinski definition) is 6. The van der Waals surface area contributed by atoms with Crippen LogP contribution in [0, 0.1) is 0 Å². The first-order valence-electron chi connectivity index (χ1n) is 8.46. The molecule has 0 unspecified atom stereocenters. The van der Waals surface area contributed by atoms with Crippen molar-refractivity contribution in [2.45, 2.75) is 0 Å². The Balaban J connectivity index is 1.79. The maximum Gasteiger partial charge on any atom is 0.407 e. The minimum atomic E-state index is -0.445. The fourth-order valence-electron chi connectivity index (χ4n) is 2.79. The quantitative estimate of drug-likeness (QED) is 0.416. The number of hydrogen-bond donors (Lipinski definition) is 2. The summed E-state index contributed by atoms with van der Waals surface area (Å²) in [5, 5.41) is 26.7. The number of nitrogens with zero attached hydrogens (tertiary/aromatic N) is 4. The molecule has 0 aliphatic heterocycles. The predicted molar refractivity (Wildman–Crippen MR) is 102 cm³/mol. The molecule has 0 fully saturated rings. The number of phenolic OH excluding ortho intramolecular Hbond substituents is 1. The van der Waals surface area contributed by atoms with Gasteiger partial charge in [0.1, 0.15) is 5.69 Å². The lowest BCUT2D eigenvalue weighted by Crippen LogP contribution is -2.27. The third-order valence-corrected chi connectivity index (χ3v) is 4.06. The fraction of sp³-hybridized carbons (Fsp3) is 0.0500. The topological polar surface area (TPSA) is 104 Å². The van der Waals surface area contributed by atoms with Gasteiger partial charge in [0.05, 0.1) is 10.7 Å². The number of fused-ring (bicyclic) bond motifs is 1. The van der Waals surface area contributed by atoms with Crippen LogP contribution in [0.3, 0.4) is 0 Å². The number of aromatic hydroxyl groups is 1.